The van der Waals surface area contributed by atoms with Crippen molar-refractivity contribution in [2.24, 2.45) is 7.05 Å². The second-order valence-corrected chi connectivity index (χ2v) is 4.00. The number of nitrogens with zero attached hydrogens (tertiary/aromatic N) is 2. The van der Waals surface area contributed by atoms with Crippen LogP contribution in [0.15, 0.2) is 6.20 Å². The van der Waals surface area contributed by atoms with E-state index < -0.39 is 0 Å². The highest BCUT2D eigenvalue weighted by Gasteiger charge is 2.13. The Kier molecular flexibility index (Phi) is 2.97. The number of terminal acetylenes is 1. The molecule has 0 fully saturated rings. The van der Waals surface area contributed by atoms with Gasteiger partial charge in [-0.1, -0.05) is 5.92 Å². The number of nitrogens with one attached hydrogen (secondary N) is 1. The molecule has 76 valence electrons. The highest BCUT2D eigenvalue weighted by atomic mass is 15.3. The summed E-state index contributed by atoms with van der Waals surface area (Å²) >= 11 is 0. The van der Waals surface area contributed by atoms with E-state index in [-0.39, 0.29) is 5.54 Å². The lowest BCUT2D eigenvalue weighted by Gasteiger charge is -2.19. The van der Waals surface area contributed by atoms with Crippen LogP contribution in [0.5, 0.6) is 0 Å². The maximum Gasteiger partial charge on any atom is 0.0743 e. The van der Waals surface area contributed by atoms with Crippen LogP contribution in [0.25, 0.3) is 0 Å². The molecule has 0 saturated heterocycles. The van der Waals surface area contributed by atoms with Crippen LogP contribution >= 0.6 is 0 Å². The second-order valence-electron chi connectivity index (χ2n) is 4.00. The Morgan fingerprint density at radius 1 is 1.64 bits per heavy atom. The zero-order valence-corrected chi connectivity index (χ0v) is 9.26. The van der Waals surface area contributed by atoms with E-state index in [4.69, 9.17) is 6.42 Å². The Hall–Kier alpha value is -1.27. The number of hydrogen-bond donors (Lipinski definition) is 1. The lowest BCUT2D eigenvalue weighted by molar-refractivity contribution is 0.490. The number of rotatable bonds is 3. The van der Waals surface area contributed by atoms with Crippen LogP contribution in [-0.2, 0) is 13.6 Å². The van der Waals surface area contributed by atoms with Gasteiger partial charge in [-0.25, -0.2) is 0 Å². The third-order valence-corrected chi connectivity index (χ3v) is 2.42. The van der Waals surface area contributed by atoms with Crippen LogP contribution < -0.4 is 5.32 Å². The molecular formula is C11H17N3. The van der Waals surface area contributed by atoms with Crippen molar-refractivity contribution in [2.45, 2.75) is 32.9 Å². The minimum Gasteiger partial charge on any atom is -0.297 e. The predicted molar refractivity (Wildman–Crippen MR) is 57.7 cm³/mol. The SMILES string of the molecule is C#CC(C)(C)NCc1cnn(C)c1C. The van der Waals surface area contributed by atoms with Crippen molar-refractivity contribution < 1.29 is 0 Å². The zero-order chi connectivity index (χ0) is 10.8. The van der Waals surface area contributed by atoms with Crippen molar-refractivity contribution >= 4 is 0 Å². The van der Waals surface area contributed by atoms with E-state index in [9.17, 15) is 0 Å². The Bertz CT molecular complexity index is 355. The maximum absolute atomic E-state index is 5.38. The van der Waals surface area contributed by atoms with Crippen LogP contribution in [0.4, 0.5) is 0 Å². The Morgan fingerprint density at radius 2 is 2.29 bits per heavy atom. The average Bonchev–Trinajstić information content (AvgIpc) is 2.45. The first-order valence-corrected chi connectivity index (χ1v) is 4.66. The van der Waals surface area contributed by atoms with Crippen LogP contribution in [0.2, 0.25) is 0 Å². The molecule has 3 heteroatoms. The van der Waals surface area contributed by atoms with Gasteiger partial charge in [-0.2, -0.15) is 5.10 Å². The predicted octanol–water partition coefficient (Wildman–Crippen LogP) is 1.23. The third-order valence-electron chi connectivity index (χ3n) is 2.42. The summed E-state index contributed by atoms with van der Waals surface area (Å²) in [5.74, 6) is 2.70. The molecule has 1 aromatic rings. The lowest BCUT2D eigenvalue weighted by atomic mass is 10.1. The number of hydrogen-bond acceptors (Lipinski definition) is 2. The lowest BCUT2D eigenvalue weighted by Crippen LogP contribution is -2.37. The van der Waals surface area contributed by atoms with Crippen molar-refractivity contribution in [1.29, 1.82) is 0 Å². The molecule has 0 aliphatic carbocycles. The first kappa shape index (κ1) is 10.8. The summed E-state index contributed by atoms with van der Waals surface area (Å²) in [6.07, 6.45) is 7.25. The molecular weight excluding hydrogens is 174 g/mol. The Balaban J connectivity index is 2.64. The summed E-state index contributed by atoms with van der Waals surface area (Å²) in [5, 5.41) is 7.46. The van der Waals surface area contributed by atoms with E-state index >= 15 is 0 Å². The van der Waals surface area contributed by atoms with E-state index in [0.717, 1.165) is 6.54 Å². The van der Waals surface area contributed by atoms with Gasteiger partial charge >= 0.3 is 0 Å². The minimum absolute atomic E-state index is 0.262. The molecule has 0 amide bonds. The molecule has 1 aromatic heterocycles. The molecule has 1 heterocycles. The molecule has 0 aliphatic heterocycles. The summed E-state index contributed by atoms with van der Waals surface area (Å²) < 4.78 is 1.86. The van der Waals surface area contributed by atoms with Crippen molar-refractivity contribution in [3.05, 3.63) is 17.5 Å². The zero-order valence-electron chi connectivity index (χ0n) is 9.26. The van der Waals surface area contributed by atoms with Gasteiger partial charge in [0.1, 0.15) is 0 Å². The summed E-state index contributed by atoms with van der Waals surface area (Å²) in [5.41, 5.74) is 2.10. The van der Waals surface area contributed by atoms with Crippen LogP contribution in [0.1, 0.15) is 25.1 Å². The third kappa shape index (κ3) is 2.36. The largest absolute Gasteiger partial charge is 0.297 e. The van der Waals surface area contributed by atoms with Crippen LogP contribution in [-0.4, -0.2) is 15.3 Å². The van der Waals surface area contributed by atoms with Crippen molar-refractivity contribution in [3.63, 3.8) is 0 Å². The first-order valence-electron chi connectivity index (χ1n) is 4.66. The smallest absolute Gasteiger partial charge is 0.0743 e. The Morgan fingerprint density at radius 3 is 2.71 bits per heavy atom. The first-order chi connectivity index (χ1) is 6.46. The van der Waals surface area contributed by atoms with Gasteiger partial charge < -0.3 is 0 Å². The quantitative estimate of drug-likeness (QED) is 0.728. The van der Waals surface area contributed by atoms with Crippen molar-refractivity contribution in [1.82, 2.24) is 15.1 Å². The summed E-state index contributed by atoms with van der Waals surface area (Å²) in [7, 11) is 1.94. The van der Waals surface area contributed by atoms with Gasteiger partial charge in [-0.3, -0.25) is 10.00 Å². The highest BCUT2D eigenvalue weighted by Crippen LogP contribution is 2.07. The van der Waals surface area contributed by atoms with Crippen LogP contribution in [0.3, 0.4) is 0 Å². The molecule has 0 saturated carbocycles. The van der Waals surface area contributed by atoms with Crippen molar-refractivity contribution in [2.75, 3.05) is 0 Å². The molecule has 0 radical (unpaired) electrons. The number of aryl methyl sites for hydroxylation is 1. The molecule has 3 nitrogen and oxygen atoms in total. The fraction of sp³-hybridized carbons (Fsp3) is 0.545. The van der Waals surface area contributed by atoms with Gasteiger partial charge in [0, 0.05) is 24.8 Å². The van der Waals surface area contributed by atoms with Crippen LogP contribution in [0, 0.1) is 19.3 Å². The maximum atomic E-state index is 5.38. The fourth-order valence-electron chi connectivity index (χ4n) is 1.08. The summed E-state index contributed by atoms with van der Waals surface area (Å²) in [6.45, 7) is 6.78. The monoisotopic (exact) mass is 191 g/mol. The molecule has 0 unspecified atom stereocenters. The second kappa shape index (κ2) is 3.85. The van der Waals surface area contributed by atoms with E-state index in [1.165, 1.54) is 11.3 Å². The molecule has 0 aliphatic rings. The topological polar surface area (TPSA) is 29.9 Å². The highest BCUT2D eigenvalue weighted by molar-refractivity contribution is 5.17. The van der Waals surface area contributed by atoms with Crippen molar-refractivity contribution in [3.8, 4) is 12.3 Å². The van der Waals surface area contributed by atoms with Gasteiger partial charge in [0.25, 0.3) is 0 Å². The molecule has 14 heavy (non-hydrogen) atoms. The van der Waals surface area contributed by atoms with Gasteiger partial charge in [0.2, 0.25) is 0 Å². The molecule has 0 bridgehead atoms. The Labute approximate surface area is 85.5 Å². The molecule has 0 atom stereocenters. The van der Waals surface area contributed by atoms with E-state index in [1.807, 2.05) is 38.7 Å². The van der Waals surface area contributed by atoms with E-state index in [0.29, 0.717) is 0 Å². The van der Waals surface area contributed by atoms with Gasteiger partial charge in [-0.15, -0.1) is 6.42 Å². The molecule has 0 spiro atoms. The molecule has 1 rings (SSSR count). The summed E-state index contributed by atoms with van der Waals surface area (Å²) in [4.78, 5) is 0. The van der Waals surface area contributed by atoms with E-state index in [2.05, 4.69) is 16.3 Å². The molecule has 0 aromatic carbocycles. The van der Waals surface area contributed by atoms with E-state index in [1.54, 1.807) is 0 Å². The molecule has 1 N–H and O–H groups in total. The minimum atomic E-state index is -0.262. The number of aromatic nitrogens is 2. The standard InChI is InChI=1S/C11H17N3/c1-6-11(3,4)12-7-10-8-13-14(5)9(10)2/h1,8,12H,7H2,2-5H3. The average molecular weight is 191 g/mol. The van der Waals surface area contributed by atoms with Gasteiger partial charge in [0.05, 0.1) is 11.7 Å². The van der Waals surface area contributed by atoms with Gasteiger partial charge in [0.15, 0.2) is 0 Å². The summed E-state index contributed by atoms with van der Waals surface area (Å²) in [6, 6.07) is 0. The van der Waals surface area contributed by atoms with Gasteiger partial charge in [-0.05, 0) is 20.8 Å². The fourth-order valence-corrected chi connectivity index (χ4v) is 1.08. The normalized spacial score (nSPS) is 11.4.